The van der Waals surface area contributed by atoms with Crippen molar-refractivity contribution in [1.82, 2.24) is 0 Å². The summed E-state index contributed by atoms with van der Waals surface area (Å²) in [5.41, 5.74) is 0. The number of aliphatic hydroxyl groups is 1. The van der Waals surface area contributed by atoms with E-state index in [1.54, 1.807) is 0 Å². The largest absolute Gasteiger partial charge is 0.393 e. The molecule has 0 aliphatic heterocycles. The van der Waals surface area contributed by atoms with Crippen molar-refractivity contribution in [2.75, 3.05) is 0 Å². The van der Waals surface area contributed by atoms with Gasteiger partial charge in [-0.3, -0.25) is 0 Å². The van der Waals surface area contributed by atoms with E-state index in [0.29, 0.717) is 5.92 Å². The van der Waals surface area contributed by atoms with Gasteiger partial charge in [0.2, 0.25) is 0 Å². The topological polar surface area (TPSA) is 20.2 Å². The molecule has 0 amide bonds. The van der Waals surface area contributed by atoms with Gasteiger partial charge < -0.3 is 5.11 Å². The molecule has 0 radical (unpaired) electrons. The molecule has 0 aromatic rings. The van der Waals surface area contributed by atoms with Crippen molar-refractivity contribution in [2.24, 2.45) is 5.92 Å². The maximum absolute atomic E-state index is 9.60. The van der Waals surface area contributed by atoms with Gasteiger partial charge in [0.05, 0.1) is 6.10 Å². The van der Waals surface area contributed by atoms with Gasteiger partial charge in [-0.15, -0.1) is 0 Å². The third-order valence-electron chi connectivity index (χ3n) is 2.80. The predicted molar refractivity (Wildman–Crippen MR) is 47.5 cm³/mol. The molecule has 1 N–H and O–H groups in total. The lowest BCUT2D eigenvalue weighted by Crippen LogP contribution is -2.24. The number of aliphatic hydroxyl groups excluding tert-OH is 1. The highest BCUT2D eigenvalue weighted by atomic mass is 16.3. The van der Waals surface area contributed by atoms with Gasteiger partial charge in [-0.05, 0) is 25.2 Å². The van der Waals surface area contributed by atoms with E-state index >= 15 is 0 Å². The summed E-state index contributed by atoms with van der Waals surface area (Å²) in [7, 11) is 0. The fourth-order valence-electron chi connectivity index (χ4n) is 1.99. The van der Waals surface area contributed by atoms with Crippen LogP contribution < -0.4 is 0 Å². The second-order valence-electron chi connectivity index (χ2n) is 3.75. The van der Waals surface area contributed by atoms with Crippen molar-refractivity contribution >= 4 is 0 Å². The van der Waals surface area contributed by atoms with Gasteiger partial charge in [-0.2, -0.15) is 0 Å². The minimum Gasteiger partial charge on any atom is -0.393 e. The molecule has 0 bridgehead atoms. The van der Waals surface area contributed by atoms with Crippen LogP contribution in [-0.4, -0.2) is 11.2 Å². The number of rotatable bonds is 3. The lowest BCUT2D eigenvalue weighted by molar-refractivity contribution is 0.0642. The molecule has 1 nitrogen and oxygen atoms in total. The van der Waals surface area contributed by atoms with E-state index in [2.05, 4.69) is 6.92 Å². The Labute approximate surface area is 69.8 Å². The van der Waals surface area contributed by atoms with E-state index in [9.17, 15) is 5.11 Å². The molecule has 0 saturated heterocycles. The van der Waals surface area contributed by atoms with Crippen LogP contribution in [0, 0.1) is 5.92 Å². The molecule has 1 rings (SSSR count). The van der Waals surface area contributed by atoms with Crippen molar-refractivity contribution in [3.05, 3.63) is 0 Å². The summed E-state index contributed by atoms with van der Waals surface area (Å²) in [6.07, 6.45) is 8.73. The normalized spacial score (nSPS) is 32.2. The molecule has 1 aliphatic rings. The van der Waals surface area contributed by atoms with Gasteiger partial charge in [0.1, 0.15) is 0 Å². The molecule has 66 valence electrons. The Morgan fingerprint density at radius 3 is 2.64 bits per heavy atom. The van der Waals surface area contributed by atoms with Crippen molar-refractivity contribution in [2.45, 2.75) is 58.0 Å². The Morgan fingerprint density at radius 2 is 2.00 bits per heavy atom. The minimum atomic E-state index is 0.0234. The molecule has 1 heteroatoms. The summed E-state index contributed by atoms with van der Waals surface area (Å²) in [5.74, 6) is 0.628. The maximum atomic E-state index is 9.60. The minimum absolute atomic E-state index is 0.0234. The fraction of sp³-hybridized carbons (Fsp3) is 1.00. The summed E-state index contributed by atoms with van der Waals surface area (Å²) in [4.78, 5) is 0. The second-order valence-corrected chi connectivity index (χ2v) is 3.75. The Balaban J connectivity index is 2.18. The Bertz CT molecular complexity index is 101. The second kappa shape index (κ2) is 4.76. The average molecular weight is 156 g/mol. The van der Waals surface area contributed by atoms with E-state index < -0.39 is 0 Å². The summed E-state index contributed by atoms with van der Waals surface area (Å²) < 4.78 is 0. The lowest BCUT2D eigenvalue weighted by atomic mass is 9.83. The summed E-state index contributed by atoms with van der Waals surface area (Å²) >= 11 is 0. The first-order chi connectivity index (χ1) is 5.34. The smallest absolute Gasteiger partial charge is 0.0568 e. The number of hydrogen-bond acceptors (Lipinski definition) is 1. The highest BCUT2D eigenvalue weighted by Crippen LogP contribution is 2.28. The Hall–Kier alpha value is -0.0400. The average Bonchev–Trinajstić information content (AvgIpc) is 2.03. The summed E-state index contributed by atoms with van der Waals surface area (Å²) in [6.45, 7) is 2.22. The fourth-order valence-corrected chi connectivity index (χ4v) is 1.99. The molecule has 1 fully saturated rings. The van der Waals surface area contributed by atoms with Crippen LogP contribution in [0.3, 0.4) is 0 Å². The van der Waals surface area contributed by atoms with Gasteiger partial charge in [0, 0.05) is 0 Å². The zero-order valence-electron chi connectivity index (χ0n) is 7.55. The third-order valence-corrected chi connectivity index (χ3v) is 2.80. The molecule has 2 atom stereocenters. The molecule has 1 saturated carbocycles. The first kappa shape index (κ1) is 9.05. The van der Waals surface area contributed by atoms with E-state index in [-0.39, 0.29) is 6.10 Å². The first-order valence-corrected chi connectivity index (χ1v) is 5.02. The molecular weight excluding hydrogens is 136 g/mol. The first-order valence-electron chi connectivity index (χ1n) is 5.02. The monoisotopic (exact) mass is 156 g/mol. The molecule has 1 aliphatic carbocycles. The van der Waals surface area contributed by atoms with E-state index in [4.69, 9.17) is 0 Å². The van der Waals surface area contributed by atoms with Crippen LogP contribution >= 0.6 is 0 Å². The SMILES string of the molecule is CCCC[C@H]1CCCC[C@H]1O. The molecule has 0 aromatic carbocycles. The zero-order valence-corrected chi connectivity index (χ0v) is 7.55. The van der Waals surface area contributed by atoms with E-state index in [1.165, 1.54) is 38.5 Å². The number of hydrogen-bond donors (Lipinski definition) is 1. The van der Waals surface area contributed by atoms with Crippen LogP contribution in [0.25, 0.3) is 0 Å². The van der Waals surface area contributed by atoms with Gasteiger partial charge in [0.15, 0.2) is 0 Å². The molecular formula is C10H20O. The van der Waals surface area contributed by atoms with Crippen LogP contribution in [0.2, 0.25) is 0 Å². The molecule has 0 spiro atoms. The van der Waals surface area contributed by atoms with Crippen molar-refractivity contribution in [1.29, 1.82) is 0 Å². The summed E-state index contributed by atoms with van der Waals surface area (Å²) in [5, 5.41) is 9.60. The van der Waals surface area contributed by atoms with Crippen LogP contribution in [0.5, 0.6) is 0 Å². The molecule has 11 heavy (non-hydrogen) atoms. The van der Waals surface area contributed by atoms with Crippen LogP contribution in [0.15, 0.2) is 0 Å². The summed E-state index contributed by atoms with van der Waals surface area (Å²) in [6, 6.07) is 0. The molecule has 0 aromatic heterocycles. The van der Waals surface area contributed by atoms with Gasteiger partial charge in [-0.25, -0.2) is 0 Å². The van der Waals surface area contributed by atoms with Crippen molar-refractivity contribution < 1.29 is 5.11 Å². The van der Waals surface area contributed by atoms with Crippen molar-refractivity contribution in [3.8, 4) is 0 Å². The lowest BCUT2D eigenvalue weighted by Gasteiger charge is -2.27. The number of unbranched alkanes of at least 4 members (excludes halogenated alkanes) is 1. The Morgan fingerprint density at radius 1 is 1.27 bits per heavy atom. The van der Waals surface area contributed by atoms with Crippen LogP contribution in [0.4, 0.5) is 0 Å². The highest BCUT2D eigenvalue weighted by molar-refractivity contribution is 4.73. The third kappa shape index (κ3) is 2.82. The quantitative estimate of drug-likeness (QED) is 0.666. The predicted octanol–water partition coefficient (Wildman–Crippen LogP) is 2.73. The standard InChI is InChI=1S/C10H20O/c1-2-3-6-9-7-4-5-8-10(9)11/h9-11H,2-8H2,1H3/t9-,10+/m0/s1. The van der Waals surface area contributed by atoms with E-state index in [0.717, 1.165) is 6.42 Å². The van der Waals surface area contributed by atoms with E-state index in [1.807, 2.05) is 0 Å². The van der Waals surface area contributed by atoms with Crippen LogP contribution in [0.1, 0.15) is 51.9 Å². The zero-order chi connectivity index (χ0) is 8.10. The van der Waals surface area contributed by atoms with Gasteiger partial charge in [-0.1, -0.05) is 32.6 Å². The Kier molecular flexibility index (Phi) is 3.92. The molecule has 0 heterocycles. The highest BCUT2D eigenvalue weighted by Gasteiger charge is 2.21. The van der Waals surface area contributed by atoms with Gasteiger partial charge >= 0.3 is 0 Å². The van der Waals surface area contributed by atoms with Crippen molar-refractivity contribution in [3.63, 3.8) is 0 Å². The van der Waals surface area contributed by atoms with Gasteiger partial charge in [0.25, 0.3) is 0 Å². The maximum Gasteiger partial charge on any atom is 0.0568 e. The molecule has 0 unspecified atom stereocenters. The van der Waals surface area contributed by atoms with Crippen LogP contribution in [-0.2, 0) is 0 Å².